The van der Waals surface area contributed by atoms with Crippen LogP contribution in [0.4, 0.5) is 0 Å². The molecule has 0 unspecified atom stereocenters. The average Bonchev–Trinajstić information content (AvgIpc) is 3.67. The van der Waals surface area contributed by atoms with E-state index in [4.69, 9.17) is 16.2 Å². The van der Waals surface area contributed by atoms with Crippen molar-refractivity contribution in [3.63, 3.8) is 0 Å². The first kappa shape index (κ1) is 31.9. The third kappa shape index (κ3) is 7.19. The molecule has 0 saturated carbocycles. The quantitative estimate of drug-likeness (QED) is 0.113. The maximum Gasteiger partial charge on any atom is 0.245 e. The van der Waals surface area contributed by atoms with Gasteiger partial charge in [0.2, 0.25) is 23.6 Å². The van der Waals surface area contributed by atoms with Gasteiger partial charge < -0.3 is 37.1 Å². The van der Waals surface area contributed by atoms with Crippen LogP contribution in [0.15, 0.2) is 90.4 Å². The molecule has 0 spiro atoms. The molecule has 0 aliphatic carbocycles. The predicted octanol–water partition coefficient (Wildman–Crippen LogP) is 2.08. The van der Waals surface area contributed by atoms with Gasteiger partial charge in [0.1, 0.15) is 23.7 Å². The van der Waals surface area contributed by atoms with Crippen LogP contribution >= 0.6 is 11.3 Å². The van der Waals surface area contributed by atoms with Crippen molar-refractivity contribution in [3.8, 4) is 0 Å². The molecule has 0 radical (unpaired) electrons. The van der Waals surface area contributed by atoms with Crippen molar-refractivity contribution in [3.05, 3.63) is 107 Å². The van der Waals surface area contributed by atoms with Gasteiger partial charge in [0.05, 0.1) is 13.2 Å². The maximum absolute atomic E-state index is 14.1. The fraction of sp³-hybridized carbons (Fsp3) is 0.257. The number of para-hydroxylation sites is 1. The summed E-state index contributed by atoms with van der Waals surface area (Å²) in [5.41, 5.74) is 14.0. The molecule has 12 heteroatoms. The smallest absolute Gasteiger partial charge is 0.245 e. The van der Waals surface area contributed by atoms with Crippen molar-refractivity contribution in [1.29, 1.82) is 0 Å². The zero-order chi connectivity index (χ0) is 33.0. The van der Waals surface area contributed by atoms with Gasteiger partial charge in [-0.2, -0.15) is 0 Å². The minimum Gasteiger partial charge on any atom is -0.376 e. The lowest BCUT2D eigenvalue weighted by Gasteiger charge is -2.37. The first-order valence-corrected chi connectivity index (χ1v) is 16.2. The van der Waals surface area contributed by atoms with Crippen molar-refractivity contribution < 1.29 is 23.9 Å². The summed E-state index contributed by atoms with van der Waals surface area (Å²) in [5, 5.41) is 12.3. The highest BCUT2D eigenvalue weighted by Gasteiger charge is 2.43. The number of hydrogen-bond acceptors (Lipinski definition) is 7. The fourth-order valence-electron chi connectivity index (χ4n) is 5.72. The van der Waals surface area contributed by atoms with Crippen molar-refractivity contribution >= 4 is 56.0 Å². The largest absolute Gasteiger partial charge is 0.376 e. The summed E-state index contributed by atoms with van der Waals surface area (Å²) in [6.07, 6.45) is 2.24. The molecule has 5 aromatic rings. The number of aromatic nitrogens is 1. The molecule has 1 aliphatic rings. The molecule has 47 heavy (non-hydrogen) atoms. The predicted molar refractivity (Wildman–Crippen MR) is 180 cm³/mol. The van der Waals surface area contributed by atoms with Gasteiger partial charge >= 0.3 is 0 Å². The average molecular weight is 653 g/mol. The number of nitrogens with two attached hydrogens (primary N) is 2. The summed E-state index contributed by atoms with van der Waals surface area (Å²) in [4.78, 5) is 57.0. The number of thiophene rings is 1. The van der Waals surface area contributed by atoms with E-state index in [1.54, 1.807) is 17.5 Å². The van der Waals surface area contributed by atoms with Crippen LogP contribution in [0.3, 0.4) is 0 Å². The lowest BCUT2D eigenvalue weighted by Crippen LogP contribution is -2.69. The topological polar surface area (TPSA) is 181 Å². The first-order chi connectivity index (χ1) is 22.7. The Morgan fingerprint density at radius 3 is 2.09 bits per heavy atom. The van der Waals surface area contributed by atoms with Crippen LogP contribution in [0.2, 0.25) is 0 Å². The Labute approximate surface area is 275 Å². The molecule has 3 heterocycles. The standard InChI is InChI=1S/C35H36N6O5S/c36-31(42)27(14-21-8-2-1-3-9-21)39-32(43)28(15-22-17-38-26-12-6-4-10-24(22)26)40-33(44)29(41-34(45)35(37)19-46-20-35)16-23-18-47-30-13-7-5-11-25(23)30/h1-13,17-18,27-29,38H,14-16,19-20,37H2,(H2,36,42)(H,39,43)(H,40,44)(H,41,45)/t27-,28+,29+/m0/s1. The molecule has 8 N–H and O–H groups in total. The summed E-state index contributed by atoms with van der Waals surface area (Å²) >= 11 is 1.54. The number of fused-ring (bicyclic) bond motifs is 2. The second-order valence-corrected chi connectivity index (χ2v) is 12.8. The van der Waals surface area contributed by atoms with Gasteiger partial charge in [-0.05, 0) is 39.6 Å². The highest BCUT2D eigenvalue weighted by molar-refractivity contribution is 7.17. The molecular formula is C35H36N6O5S. The molecule has 242 valence electrons. The lowest BCUT2D eigenvalue weighted by molar-refractivity contribution is -0.146. The number of nitrogens with one attached hydrogen (secondary N) is 4. The number of carbonyl (C=O) groups excluding carboxylic acids is 4. The van der Waals surface area contributed by atoms with E-state index in [-0.39, 0.29) is 32.5 Å². The number of carbonyl (C=O) groups is 4. The van der Waals surface area contributed by atoms with Gasteiger partial charge in [0.15, 0.2) is 0 Å². The van der Waals surface area contributed by atoms with E-state index < -0.39 is 47.3 Å². The highest BCUT2D eigenvalue weighted by atomic mass is 32.1. The van der Waals surface area contributed by atoms with Gasteiger partial charge in [-0.3, -0.25) is 19.2 Å². The Hall–Kier alpha value is -5.04. The normalized spacial score (nSPS) is 15.7. The van der Waals surface area contributed by atoms with E-state index in [1.807, 2.05) is 84.2 Å². The molecule has 1 fully saturated rings. The molecule has 4 amide bonds. The summed E-state index contributed by atoms with van der Waals surface area (Å²) in [6, 6.07) is 21.4. The van der Waals surface area contributed by atoms with Gasteiger partial charge in [-0.25, -0.2) is 0 Å². The van der Waals surface area contributed by atoms with Crippen molar-refractivity contribution in [1.82, 2.24) is 20.9 Å². The van der Waals surface area contributed by atoms with Gasteiger partial charge in [0, 0.05) is 41.1 Å². The monoisotopic (exact) mass is 652 g/mol. The number of H-pyrrole nitrogens is 1. The third-order valence-corrected chi connectivity index (χ3v) is 9.47. The number of rotatable bonds is 13. The zero-order valence-corrected chi connectivity index (χ0v) is 26.3. The molecule has 3 atom stereocenters. The number of amides is 4. The van der Waals surface area contributed by atoms with E-state index >= 15 is 0 Å². The zero-order valence-electron chi connectivity index (χ0n) is 25.5. The Morgan fingerprint density at radius 1 is 0.766 bits per heavy atom. The minimum atomic E-state index is -1.25. The second-order valence-electron chi connectivity index (χ2n) is 11.9. The number of ether oxygens (including phenoxy) is 1. The number of aromatic amines is 1. The van der Waals surface area contributed by atoms with Gasteiger partial charge in [0.25, 0.3) is 0 Å². The van der Waals surface area contributed by atoms with Crippen molar-refractivity contribution in [2.24, 2.45) is 11.5 Å². The van der Waals surface area contributed by atoms with E-state index in [9.17, 15) is 19.2 Å². The van der Waals surface area contributed by atoms with Crippen LogP contribution in [-0.2, 0) is 43.2 Å². The van der Waals surface area contributed by atoms with E-state index in [0.29, 0.717) is 0 Å². The number of benzene rings is 3. The third-order valence-electron chi connectivity index (χ3n) is 8.45. The van der Waals surface area contributed by atoms with E-state index in [2.05, 4.69) is 20.9 Å². The molecule has 0 bridgehead atoms. The number of hydrogen-bond donors (Lipinski definition) is 6. The SMILES string of the molecule is NC(=O)[C@H](Cc1ccccc1)NC(=O)[C@@H](Cc1c[nH]c2ccccc12)NC(=O)[C@@H](Cc1csc2ccccc12)NC(=O)C1(N)COC1. The highest BCUT2D eigenvalue weighted by Crippen LogP contribution is 2.27. The molecule has 1 aliphatic heterocycles. The fourth-order valence-corrected chi connectivity index (χ4v) is 6.70. The first-order valence-electron chi connectivity index (χ1n) is 15.3. The van der Waals surface area contributed by atoms with Gasteiger partial charge in [-0.15, -0.1) is 11.3 Å². The Morgan fingerprint density at radius 2 is 1.38 bits per heavy atom. The summed E-state index contributed by atoms with van der Waals surface area (Å²) in [5.74, 6) is -2.38. The van der Waals surface area contributed by atoms with Crippen molar-refractivity contribution in [2.45, 2.75) is 42.9 Å². The lowest BCUT2D eigenvalue weighted by atomic mass is 9.96. The Kier molecular flexibility index (Phi) is 9.34. The minimum absolute atomic E-state index is 0.0378. The second kappa shape index (κ2) is 13.8. The molecule has 3 aromatic carbocycles. The maximum atomic E-state index is 14.1. The van der Waals surface area contributed by atoms with Crippen LogP contribution in [-0.4, -0.2) is 65.5 Å². The van der Waals surface area contributed by atoms with Crippen LogP contribution in [0.5, 0.6) is 0 Å². The molecule has 11 nitrogen and oxygen atoms in total. The molecule has 1 saturated heterocycles. The van der Waals surface area contributed by atoms with Crippen LogP contribution in [0, 0.1) is 0 Å². The summed E-state index contributed by atoms with van der Waals surface area (Å²) in [6.45, 7) is 0.0755. The van der Waals surface area contributed by atoms with E-state index in [0.717, 1.165) is 37.7 Å². The molecular weight excluding hydrogens is 616 g/mol. The van der Waals surface area contributed by atoms with Crippen molar-refractivity contribution in [2.75, 3.05) is 13.2 Å². The Balaban J connectivity index is 1.28. The van der Waals surface area contributed by atoms with Crippen LogP contribution in [0.25, 0.3) is 21.0 Å². The molecule has 6 rings (SSSR count). The summed E-state index contributed by atoms with van der Waals surface area (Å²) < 4.78 is 6.22. The Bertz CT molecular complexity index is 1920. The van der Waals surface area contributed by atoms with Crippen LogP contribution < -0.4 is 27.4 Å². The summed E-state index contributed by atoms with van der Waals surface area (Å²) in [7, 11) is 0. The number of primary amides is 1. The van der Waals surface area contributed by atoms with Crippen LogP contribution in [0.1, 0.15) is 16.7 Å². The van der Waals surface area contributed by atoms with Gasteiger partial charge in [-0.1, -0.05) is 66.7 Å². The van der Waals surface area contributed by atoms with E-state index in [1.165, 1.54) is 0 Å². The molecule has 2 aromatic heterocycles.